The third-order valence-corrected chi connectivity index (χ3v) is 2.49. The largest absolute Gasteiger partial charge is 0.318 e. The van der Waals surface area contributed by atoms with Gasteiger partial charge in [0.15, 0.2) is 16.0 Å². The minimum atomic E-state index is 0.412. The van der Waals surface area contributed by atoms with Crippen molar-refractivity contribution in [1.82, 2.24) is 19.5 Å². The molecule has 0 aromatic carbocycles. The number of thioether (sulfide) groups is 1. The lowest BCUT2D eigenvalue weighted by molar-refractivity contribution is 0.901. The van der Waals surface area contributed by atoms with E-state index in [0.29, 0.717) is 15.8 Å². The zero-order valence-electron chi connectivity index (χ0n) is 7.15. The van der Waals surface area contributed by atoms with Crippen LogP contribution in [0.15, 0.2) is 11.5 Å². The smallest absolute Gasteiger partial charge is 0.190 e. The van der Waals surface area contributed by atoms with Gasteiger partial charge in [-0.1, -0.05) is 23.4 Å². The summed E-state index contributed by atoms with van der Waals surface area (Å²) in [5, 5.41) is 1.08. The zero-order valence-corrected chi connectivity index (χ0v) is 8.72. The molecule has 6 heteroatoms. The van der Waals surface area contributed by atoms with Crippen LogP contribution >= 0.6 is 23.4 Å². The van der Waals surface area contributed by atoms with E-state index in [1.807, 2.05) is 17.9 Å². The van der Waals surface area contributed by atoms with Crippen LogP contribution in [-0.4, -0.2) is 25.8 Å². The number of hydrogen-bond acceptors (Lipinski definition) is 4. The molecule has 0 atom stereocenters. The van der Waals surface area contributed by atoms with Crippen molar-refractivity contribution in [3.63, 3.8) is 0 Å². The lowest BCUT2D eigenvalue weighted by Crippen LogP contribution is -1.92. The van der Waals surface area contributed by atoms with Crippen molar-refractivity contribution in [3.8, 4) is 0 Å². The number of imidazole rings is 1. The Morgan fingerprint density at radius 3 is 2.92 bits per heavy atom. The van der Waals surface area contributed by atoms with E-state index < -0.39 is 0 Å². The van der Waals surface area contributed by atoms with Crippen LogP contribution in [0.2, 0.25) is 5.15 Å². The normalized spacial score (nSPS) is 11.0. The second-order valence-electron chi connectivity index (χ2n) is 2.53. The fraction of sp³-hybridized carbons (Fsp3) is 0.286. The molecule has 0 bridgehead atoms. The molecule has 0 aliphatic carbocycles. The molecule has 2 aromatic rings. The number of aromatic nitrogens is 4. The first-order chi connectivity index (χ1) is 6.22. The third-order valence-electron chi connectivity index (χ3n) is 1.68. The quantitative estimate of drug-likeness (QED) is 0.412. The van der Waals surface area contributed by atoms with E-state index in [9.17, 15) is 0 Å². The number of fused-ring (bicyclic) bond motifs is 1. The highest BCUT2D eigenvalue weighted by Crippen LogP contribution is 2.21. The molecule has 68 valence electrons. The Morgan fingerprint density at radius 2 is 2.23 bits per heavy atom. The van der Waals surface area contributed by atoms with Crippen LogP contribution < -0.4 is 0 Å². The maximum absolute atomic E-state index is 5.91. The average molecular weight is 215 g/mol. The van der Waals surface area contributed by atoms with Crippen molar-refractivity contribution in [2.45, 2.75) is 5.16 Å². The van der Waals surface area contributed by atoms with E-state index in [2.05, 4.69) is 15.0 Å². The fourth-order valence-corrected chi connectivity index (χ4v) is 1.67. The molecule has 2 aromatic heterocycles. The first-order valence-corrected chi connectivity index (χ1v) is 5.21. The third kappa shape index (κ3) is 1.38. The number of nitrogens with zero attached hydrogens (tertiary/aromatic N) is 4. The van der Waals surface area contributed by atoms with Crippen LogP contribution in [0.5, 0.6) is 0 Å². The fourth-order valence-electron chi connectivity index (χ4n) is 1.04. The van der Waals surface area contributed by atoms with Gasteiger partial charge in [-0.3, -0.25) is 0 Å². The van der Waals surface area contributed by atoms with Crippen LogP contribution in [0.4, 0.5) is 0 Å². The Morgan fingerprint density at radius 1 is 1.46 bits per heavy atom. The van der Waals surface area contributed by atoms with Crippen LogP contribution in [0.3, 0.4) is 0 Å². The monoisotopic (exact) mass is 214 g/mol. The summed E-state index contributed by atoms with van der Waals surface area (Å²) in [5.74, 6) is 0. The van der Waals surface area contributed by atoms with Crippen molar-refractivity contribution < 1.29 is 0 Å². The summed E-state index contributed by atoms with van der Waals surface area (Å²) in [6.07, 6.45) is 3.59. The molecular weight excluding hydrogens is 208 g/mol. The Labute approximate surface area is 84.3 Å². The molecule has 0 amide bonds. The second kappa shape index (κ2) is 3.16. The van der Waals surface area contributed by atoms with Crippen LogP contribution in [0, 0.1) is 0 Å². The van der Waals surface area contributed by atoms with Crippen molar-refractivity contribution in [2.75, 3.05) is 6.26 Å². The Balaban J connectivity index is 2.80. The standard InChI is InChI=1S/C7H7ClN4S/c1-12-3-9-4-5(8)10-7(13-2)11-6(4)12/h3H,1-2H3. The summed E-state index contributed by atoms with van der Waals surface area (Å²) in [6.45, 7) is 0. The van der Waals surface area contributed by atoms with Crippen molar-refractivity contribution in [2.24, 2.45) is 7.05 Å². The molecule has 2 rings (SSSR count). The molecule has 0 saturated carbocycles. The predicted octanol–water partition coefficient (Wildman–Crippen LogP) is 1.74. The lowest BCUT2D eigenvalue weighted by atomic mass is 10.5. The molecule has 0 spiro atoms. The summed E-state index contributed by atoms with van der Waals surface area (Å²) < 4.78 is 1.82. The lowest BCUT2D eigenvalue weighted by Gasteiger charge is -1.97. The summed E-state index contributed by atoms with van der Waals surface area (Å²) in [7, 11) is 1.88. The summed E-state index contributed by atoms with van der Waals surface area (Å²) in [5.41, 5.74) is 1.42. The molecular formula is C7H7ClN4S. The van der Waals surface area contributed by atoms with E-state index >= 15 is 0 Å². The molecule has 0 saturated heterocycles. The minimum absolute atomic E-state index is 0.412. The van der Waals surface area contributed by atoms with E-state index in [1.165, 1.54) is 11.8 Å². The van der Waals surface area contributed by atoms with E-state index in [4.69, 9.17) is 11.6 Å². The molecule has 4 nitrogen and oxygen atoms in total. The summed E-state index contributed by atoms with van der Waals surface area (Å²) in [4.78, 5) is 12.4. The SMILES string of the molecule is CSc1nc(Cl)c2ncn(C)c2n1. The van der Waals surface area contributed by atoms with Gasteiger partial charge in [0.1, 0.15) is 5.52 Å². The van der Waals surface area contributed by atoms with Crippen molar-refractivity contribution in [3.05, 3.63) is 11.5 Å². The first-order valence-electron chi connectivity index (χ1n) is 3.61. The topological polar surface area (TPSA) is 43.6 Å². The number of hydrogen-bond donors (Lipinski definition) is 0. The number of aryl methyl sites for hydroxylation is 1. The van der Waals surface area contributed by atoms with Crippen LogP contribution in [0.25, 0.3) is 11.2 Å². The minimum Gasteiger partial charge on any atom is -0.318 e. The second-order valence-corrected chi connectivity index (χ2v) is 3.66. The van der Waals surface area contributed by atoms with Crippen molar-refractivity contribution in [1.29, 1.82) is 0 Å². The van der Waals surface area contributed by atoms with Gasteiger partial charge < -0.3 is 4.57 Å². The van der Waals surface area contributed by atoms with Gasteiger partial charge in [-0.15, -0.1) is 0 Å². The maximum atomic E-state index is 5.91. The highest BCUT2D eigenvalue weighted by Gasteiger charge is 2.08. The van der Waals surface area contributed by atoms with Gasteiger partial charge >= 0.3 is 0 Å². The van der Waals surface area contributed by atoms with E-state index in [-0.39, 0.29) is 0 Å². The van der Waals surface area contributed by atoms with Gasteiger partial charge in [0.25, 0.3) is 0 Å². The molecule has 0 aliphatic heterocycles. The van der Waals surface area contributed by atoms with E-state index in [0.717, 1.165) is 5.65 Å². The number of halogens is 1. The molecule has 2 heterocycles. The van der Waals surface area contributed by atoms with E-state index in [1.54, 1.807) is 6.33 Å². The molecule has 0 unspecified atom stereocenters. The highest BCUT2D eigenvalue weighted by atomic mass is 35.5. The molecule has 13 heavy (non-hydrogen) atoms. The van der Waals surface area contributed by atoms with Gasteiger partial charge in [0.2, 0.25) is 0 Å². The summed E-state index contributed by atoms with van der Waals surface area (Å²) >= 11 is 7.38. The Kier molecular flexibility index (Phi) is 2.13. The van der Waals surface area contributed by atoms with Gasteiger partial charge in [-0.2, -0.15) is 0 Å². The maximum Gasteiger partial charge on any atom is 0.190 e. The van der Waals surface area contributed by atoms with Gasteiger partial charge in [0.05, 0.1) is 6.33 Å². The highest BCUT2D eigenvalue weighted by molar-refractivity contribution is 7.98. The Bertz CT molecular complexity index is 453. The predicted molar refractivity (Wildman–Crippen MR) is 53.1 cm³/mol. The Hall–Kier alpha value is -0.810. The van der Waals surface area contributed by atoms with Crippen molar-refractivity contribution >= 4 is 34.5 Å². The van der Waals surface area contributed by atoms with Crippen LogP contribution in [-0.2, 0) is 7.05 Å². The first kappa shape index (κ1) is 8.77. The van der Waals surface area contributed by atoms with Gasteiger partial charge in [0, 0.05) is 7.05 Å². The summed E-state index contributed by atoms with van der Waals surface area (Å²) in [6, 6.07) is 0. The number of rotatable bonds is 1. The molecule has 0 N–H and O–H groups in total. The van der Waals surface area contributed by atoms with Gasteiger partial charge in [-0.25, -0.2) is 15.0 Å². The molecule has 0 radical (unpaired) electrons. The molecule has 0 fully saturated rings. The van der Waals surface area contributed by atoms with Gasteiger partial charge in [-0.05, 0) is 6.26 Å². The van der Waals surface area contributed by atoms with Crippen LogP contribution in [0.1, 0.15) is 0 Å². The molecule has 0 aliphatic rings. The zero-order chi connectivity index (χ0) is 9.42. The average Bonchev–Trinajstić information content (AvgIpc) is 2.48.